The van der Waals surface area contributed by atoms with Crippen molar-refractivity contribution in [2.75, 3.05) is 19.4 Å². The maximum absolute atomic E-state index is 12.5. The van der Waals surface area contributed by atoms with Crippen molar-refractivity contribution < 1.29 is 22.2 Å². The Morgan fingerprint density at radius 2 is 1.81 bits per heavy atom. The average Bonchev–Trinajstić information content (AvgIpc) is 3.32. The van der Waals surface area contributed by atoms with Gasteiger partial charge in [0.2, 0.25) is 0 Å². The van der Waals surface area contributed by atoms with E-state index in [2.05, 4.69) is 19.4 Å². The second kappa shape index (κ2) is 8.61. The smallest absolute Gasteiger partial charge is 0.269 e. The summed E-state index contributed by atoms with van der Waals surface area (Å²) in [6.45, 7) is 9.58. The van der Waals surface area contributed by atoms with Crippen molar-refractivity contribution in [3.8, 4) is 5.75 Å². The van der Waals surface area contributed by atoms with E-state index in [9.17, 15) is 17.7 Å². The Balaban J connectivity index is 1.93. The highest BCUT2D eigenvalue weighted by atomic mass is 32.2. The van der Waals surface area contributed by atoms with Crippen LogP contribution in [0.1, 0.15) is 43.2 Å². The molecule has 0 spiro atoms. The van der Waals surface area contributed by atoms with Crippen LogP contribution >= 0.6 is 11.3 Å². The van der Waals surface area contributed by atoms with Crippen LogP contribution in [0.5, 0.6) is 5.75 Å². The molecule has 3 heterocycles. The van der Waals surface area contributed by atoms with Gasteiger partial charge in [-0.1, -0.05) is 20.8 Å². The van der Waals surface area contributed by atoms with Crippen molar-refractivity contribution >= 4 is 49.9 Å². The fraction of sp³-hybridized carbons (Fsp3) is 0.474. The van der Waals surface area contributed by atoms with Gasteiger partial charge in [0, 0.05) is 19.0 Å². The second-order valence-electron chi connectivity index (χ2n) is 8.58. The van der Waals surface area contributed by atoms with Gasteiger partial charge in [-0.3, -0.25) is 0 Å². The number of sulfonamides is 1. The summed E-state index contributed by atoms with van der Waals surface area (Å²) in [6.07, 6.45) is 0. The standard InChI is InChI=1S/C19H27N5O5S3/c1-10-8-9-12(29-10)15(19(3,4)5)21-17-16(22-31(26)23-17)20-13-11(2)30-18(14(13)25)32(27,28)24(6)7/h8-9,15,25H,1-7H3,(H,20,22)(H,21,23). The first-order valence-electron chi connectivity index (χ1n) is 9.66. The molecule has 0 amide bonds. The minimum Gasteiger partial charge on any atom is -0.504 e. The summed E-state index contributed by atoms with van der Waals surface area (Å²) in [6, 6.07) is 3.40. The molecule has 10 nitrogen and oxygen atoms in total. The first-order chi connectivity index (χ1) is 14.7. The van der Waals surface area contributed by atoms with E-state index >= 15 is 0 Å². The highest BCUT2D eigenvalue weighted by Gasteiger charge is 2.34. The van der Waals surface area contributed by atoms with E-state index in [-0.39, 0.29) is 33.0 Å². The van der Waals surface area contributed by atoms with Gasteiger partial charge in [0.1, 0.15) is 11.5 Å². The summed E-state index contributed by atoms with van der Waals surface area (Å²) < 4.78 is 51.8. The first-order valence-corrected chi connectivity index (χ1v) is 13.0. The zero-order chi connectivity index (χ0) is 24.0. The molecule has 0 bridgehead atoms. The van der Waals surface area contributed by atoms with Gasteiger partial charge in [-0.15, -0.1) is 20.1 Å². The monoisotopic (exact) mass is 501 g/mol. The number of aryl methyl sites for hydroxylation is 2. The average molecular weight is 502 g/mol. The molecule has 0 saturated heterocycles. The molecule has 0 aliphatic carbocycles. The molecule has 2 aromatic rings. The molecule has 1 aliphatic heterocycles. The number of amidine groups is 2. The number of anilines is 1. The molecule has 3 N–H and O–H groups in total. The Morgan fingerprint density at radius 1 is 1.19 bits per heavy atom. The zero-order valence-corrected chi connectivity index (χ0v) is 21.3. The summed E-state index contributed by atoms with van der Waals surface area (Å²) in [5, 5.41) is 16.8. The molecule has 1 aliphatic rings. The Hall–Kier alpha value is -2.22. The van der Waals surface area contributed by atoms with Crippen LogP contribution in [0.25, 0.3) is 0 Å². The van der Waals surface area contributed by atoms with E-state index in [1.54, 1.807) is 6.92 Å². The molecule has 0 aromatic carbocycles. The number of hydrogen-bond acceptors (Lipinski definition) is 8. The maximum atomic E-state index is 12.5. The van der Waals surface area contributed by atoms with Crippen LogP contribution in [0.2, 0.25) is 0 Å². The molecule has 2 aromatic heterocycles. The molecule has 13 heteroatoms. The molecule has 2 unspecified atom stereocenters. The van der Waals surface area contributed by atoms with E-state index in [1.165, 1.54) is 14.1 Å². The Kier molecular flexibility index (Phi) is 6.57. The first kappa shape index (κ1) is 24.4. The Morgan fingerprint density at radius 3 is 2.34 bits per heavy atom. The number of aromatic hydroxyl groups is 1. The third kappa shape index (κ3) is 4.75. The molecule has 32 heavy (non-hydrogen) atoms. The minimum atomic E-state index is -3.84. The molecule has 0 radical (unpaired) electrons. The minimum absolute atomic E-state index is 0.130. The number of nitrogens with one attached hydrogen (secondary N) is 2. The number of nitrogens with zero attached hydrogens (tertiary/aromatic N) is 3. The van der Waals surface area contributed by atoms with E-state index in [4.69, 9.17) is 4.42 Å². The highest BCUT2D eigenvalue weighted by molar-refractivity contribution is 7.91. The van der Waals surface area contributed by atoms with E-state index < -0.39 is 26.9 Å². The number of hydrogen-bond donors (Lipinski definition) is 3. The summed E-state index contributed by atoms with van der Waals surface area (Å²) in [5.74, 6) is 1.37. The van der Waals surface area contributed by atoms with E-state index in [0.717, 1.165) is 21.4 Å². The number of furan rings is 1. The van der Waals surface area contributed by atoms with Gasteiger partial charge in [-0.2, -0.15) is 0 Å². The zero-order valence-electron chi connectivity index (χ0n) is 18.9. The third-order valence-electron chi connectivity index (χ3n) is 4.74. The van der Waals surface area contributed by atoms with Crippen LogP contribution < -0.4 is 10.6 Å². The fourth-order valence-electron chi connectivity index (χ4n) is 3.01. The van der Waals surface area contributed by atoms with Gasteiger partial charge in [-0.05, 0) is 31.4 Å². The summed E-state index contributed by atoms with van der Waals surface area (Å²) in [5.41, 5.74) is -0.126. The molecule has 176 valence electrons. The van der Waals surface area contributed by atoms with Crippen molar-refractivity contribution in [3.63, 3.8) is 0 Å². The lowest BCUT2D eigenvalue weighted by Gasteiger charge is -2.30. The molecular weight excluding hydrogens is 474 g/mol. The predicted molar refractivity (Wildman–Crippen MR) is 127 cm³/mol. The van der Waals surface area contributed by atoms with Crippen molar-refractivity contribution in [1.82, 2.24) is 9.62 Å². The van der Waals surface area contributed by atoms with Gasteiger partial charge in [0.15, 0.2) is 21.6 Å². The van der Waals surface area contributed by atoms with Crippen molar-refractivity contribution in [2.45, 2.75) is 44.9 Å². The van der Waals surface area contributed by atoms with Crippen molar-refractivity contribution in [3.05, 3.63) is 28.5 Å². The van der Waals surface area contributed by atoms with Crippen LogP contribution in [-0.2, 0) is 21.2 Å². The third-order valence-corrected chi connectivity index (χ3v) is 8.81. The van der Waals surface area contributed by atoms with Crippen LogP contribution in [0.15, 0.2) is 29.6 Å². The van der Waals surface area contributed by atoms with Crippen LogP contribution in [0.4, 0.5) is 5.69 Å². The number of thiophene rings is 1. The Labute approximate surface area is 194 Å². The SMILES string of the molecule is Cc1ccc(C(NC2=NS(=O)N=C2Nc2c(C)sc(S(=O)(=O)N(C)C)c2O)C(C)(C)C)o1. The largest absolute Gasteiger partial charge is 0.504 e. The number of rotatable bonds is 5. The highest BCUT2D eigenvalue weighted by Crippen LogP contribution is 2.43. The second-order valence-corrected chi connectivity index (χ2v) is 13.0. The summed E-state index contributed by atoms with van der Waals surface area (Å²) in [7, 11) is -1.06. The van der Waals surface area contributed by atoms with Gasteiger partial charge in [0.25, 0.3) is 21.2 Å². The molecule has 3 rings (SSSR count). The molecule has 0 fully saturated rings. The van der Waals surface area contributed by atoms with Gasteiger partial charge >= 0.3 is 0 Å². The van der Waals surface area contributed by atoms with Crippen LogP contribution in [0.3, 0.4) is 0 Å². The lowest BCUT2D eigenvalue weighted by atomic mass is 9.85. The summed E-state index contributed by atoms with van der Waals surface area (Å²) in [4.78, 5) is 0.525. The lowest BCUT2D eigenvalue weighted by Crippen LogP contribution is -2.41. The predicted octanol–water partition coefficient (Wildman–Crippen LogP) is 3.09. The topological polar surface area (TPSA) is 137 Å². The van der Waals surface area contributed by atoms with Gasteiger partial charge in [-0.25, -0.2) is 16.9 Å². The van der Waals surface area contributed by atoms with Crippen molar-refractivity contribution in [2.24, 2.45) is 14.2 Å². The fourth-order valence-corrected chi connectivity index (χ4v) is 6.29. The van der Waals surface area contributed by atoms with Crippen LogP contribution in [0, 0.1) is 19.3 Å². The van der Waals surface area contributed by atoms with Crippen LogP contribution in [-0.4, -0.2) is 47.8 Å². The van der Waals surface area contributed by atoms with E-state index in [0.29, 0.717) is 10.6 Å². The maximum Gasteiger partial charge on any atom is 0.269 e. The van der Waals surface area contributed by atoms with Gasteiger partial charge < -0.3 is 20.2 Å². The normalized spacial score (nSPS) is 17.9. The molecule has 0 saturated carbocycles. The quantitative estimate of drug-likeness (QED) is 0.572. The van der Waals surface area contributed by atoms with Gasteiger partial charge in [0.05, 0.1) is 11.7 Å². The van der Waals surface area contributed by atoms with Crippen molar-refractivity contribution in [1.29, 1.82) is 0 Å². The lowest BCUT2D eigenvalue weighted by molar-refractivity contribution is 0.261. The summed E-state index contributed by atoms with van der Waals surface area (Å²) >= 11 is -0.935. The molecular formula is C19H27N5O5S3. The van der Waals surface area contributed by atoms with E-state index in [1.807, 2.05) is 39.8 Å². The molecule has 2 atom stereocenters. The Bertz CT molecular complexity index is 1220.